The Bertz CT molecular complexity index is 874. The van der Waals surface area contributed by atoms with E-state index in [1.807, 2.05) is 48.4 Å². The quantitative estimate of drug-likeness (QED) is 0.791. The number of ether oxygens (including phenoxy) is 1. The van der Waals surface area contributed by atoms with Crippen molar-refractivity contribution < 1.29 is 14.3 Å². The predicted molar refractivity (Wildman–Crippen MR) is 96.9 cm³/mol. The summed E-state index contributed by atoms with van der Waals surface area (Å²) in [5.41, 5.74) is 1.72. The molecular formula is C20H25N3O3. The summed E-state index contributed by atoms with van der Waals surface area (Å²) in [4.78, 5) is 32.4. The molecule has 0 aliphatic carbocycles. The molecule has 2 aliphatic heterocycles. The molecule has 0 aromatic carbocycles. The average Bonchev–Trinajstić information content (AvgIpc) is 3.33. The molecule has 2 aliphatic rings. The van der Waals surface area contributed by atoms with Gasteiger partial charge in [-0.25, -0.2) is 4.98 Å². The highest BCUT2D eigenvalue weighted by atomic mass is 16.5. The van der Waals surface area contributed by atoms with Gasteiger partial charge < -0.3 is 14.0 Å². The summed E-state index contributed by atoms with van der Waals surface area (Å²) < 4.78 is 7.26. The van der Waals surface area contributed by atoms with Gasteiger partial charge in [-0.05, 0) is 51.2 Å². The lowest BCUT2D eigenvalue weighted by atomic mass is 9.72. The van der Waals surface area contributed by atoms with Crippen LogP contribution in [0.3, 0.4) is 0 Å². The molecule has 4 rings (SSSR count). The number of aromatic nitrogens is 2. The van der Waals surface area contributed by atoms with Crippen molar-refractivity contribution in [3.63, 3.8) is 0 Å². The molecule has 0 spiro atoms. The van der Waals surface area contributed by atoms with Gasteiger partial charge in [0.05, 0.1) is 12.0 Å². The molecule has 2 saturated heterocycles. The molecule has 0 unspecified atom stereocenters. The number of hydrogen-bond donors (Lipinski definition) is 0. The van der Waals surface area contributed by atoms with Crippen molar-refractivity contribution in [1.29, 1.82) is 0 Å². The normalized spacial score (nSPS) is 27.3. The fourth-order valence-electron chi connectivity index (χ4n) is 4.90. The van der Waals surface area contributed by atoms with E-state index in [2.05, 4.69) is 4.98 Å². The largest absolute Gasteiger partial charge is 0.466 e. The summed E-state index contributed by atoms with van der Waals surface area (Å²) in [6.45, 7) is 6.21. The van der Waals surface area contributed by atoms with E-state index in [0.29, 0.717) is 25.1 Å². The van der Waals surface area contributed by atoms with Gasteiger partial charge in [-0.1, -0.05) is 13.0 Å². The molecule has 4 heterocycles. The molecule has 1 amide bonds. The highest BCUT2D eigenvalue weighted by Crippen LogP contribution is 2.52. The van der Waals surface area contributed by atoms with E-state index in [1.54, 1.807) is 6.20 Å². The van der Waals surface area contributed by atoms with E-state index in [0.717, 1.165) is 24.1 Å². The molecule has 0 N–H and O–H groups in total. The van der Waals surface area contributed by atoms with Crippen LogP contribution < -0.4 is 0 Å². The number of esters is 1. The van der Waals surface area contributed by atoms with Gasteiger partial charge in [0, 0.05) is 24.5 Å². The van der Waals surface area contributed by atoms with E-state index >= 15 is 0 Å². The number of pyridine rings is 1. The topological polar surface area (TPSA) is 63.9 Å². The fraction of sp³-hybridized carbons (Fsp3) is 0.550. The van der Waals surface area contributed by atoms with E-state index in [1.165, 1.54) is 0 Å². The lowest BCUT2D eigenvalue weighted by molar-refractivity contribution is -0.157. The molecule has 2 fully saturated rings. The fourth-order valence-corrected chi connectivity index (χ4v) is 4.90. The Morgan fingerprint density at radius 3 is 2.85 bits per heavy atom. The summed E-state index contributed by atoms with van der Waals surface area (Å²) >= 11 is 0. The van der Waals surface area contributed by atoms with Crippen molar-refractivity contribution in [3.05, 3.63) is 35.8 Å². The third-order valence-electron chi connectivity index (χ3n) is 6.18. The number of aryl methyl sites for hydroxylation is 1. The smallest absolute Gasteiger partial charge is 0.314 e. The lowest BCUT2D eigenvalue weighted by Crippen LogP contribution is -2.45. The van der Waals surface area contributed by atoms with Gasteiger partial charge in [0.1, 0.15) is 11.3 Å². The number of carbonyl (C=O) groups excluding carboxylic acids is 2. The van der Waals surface area contributed by atoms with Crippen LogP contribution in [0.25, 0.3) is 5.65 Å². The van der Waals surface area contributed by atoms with Crippen LogP contribution in [-0.2, 0) is 9.53 Å². The average molecular weight is 355 g/mol. The van der Waals surface area contributed by atoms with Crippen LogP contribution >= 0.6 is 0 Å². The third kappa shape index (κ3) is 2.27. The molecule has 138 valence electrons. The maximum absolute atomic E-state index is 13.3. The van der Waals surface area contributed by atoms with Crippen LogP contribution in [0.5, 0.6) is 0 Å². The number of hydrogen-bond acceptors (Lipinski definition) is 4. The standard InChI is InChI=1S/C20H25N3O3/c1-4-20(19(25)26-5-2)11-14-8-9-16(20)23(14)18(24)15-12-22-10-6-7-13(3)17(22)21-15/h6-7,10,12,14,16H,4-5,8-9,11H2,1-3H3/t14-,16+,20+/m1/s1. The Balaban J connectivity index is 1.68. The monoisotopic (exact) mass is 355 g/mol. The van der Waals surface area contributed by atoms with Gasteiger partial charge in [-0.2, -0.15) is 0 Å². The second-order valence-corrected chi connectivity index (χ2v) is 7.44. The predicted octanol–water partition coefficient (Wildman–Crippen LogP) is 2.98. The van der Waals surface area contributed by atoms with Gasteiger partial charge in [-0.15, -0.1) is 0 Å². The zero-order valence-electron chi connectivity index (χ0n) is 15.6. The third-order valence-corrected chi connectivity index (χ3v) is 6.18. The maximum atomic E-state index is 13.3. The van der Waals surface area contributed by atoms with Crippen molar-refractivity contribution in [1.82, 2.24) is 14.3 Å². The zero-order chi connectivity index (χ0) is 18.5. The van der Waals surface area contributed by atoms with Crippen molar-refractivity contribution in [2.24, 2.45) is 5.41 Å². The van der Waals surface area contributed by atoms with Crippen molar-refractivity contribution in [3.8, 4) is 0 Å². The van der Waals surface area contributed by atoms with Crippen molar-refractivity contribution in [2.75, 3.05) is 6.61 Å². The second kappa shape index (κ2) is 6.11. The molecule has 0 saturated carbocycles. The summed E-state index contributed by atoms with van der Waals surface area (Å²) in [6.07, 6.45) is 6.89. The van der Waals surface area contributed by atoms with E-state index < -0.39 is 5.41 Å². The number of fused-ring (bicyclic) bond motifs is 3. The number of nitrogens with zero attached hydrogens (tertiary/aromatic N) is 3. The molecule has 2 aromatic heterocycles. The SMILES string of the molecule is CCOC(=O)[C@@]1(CC)C[C@H]2CC[C@@H]1N2C(=O)c1cn2cccc(C)c2n1. The number of rotatable bonds is 4. The minimum Gasteiger partial charge on any atom is -0.466 e. The summed E-state index contributed by atoms with van der Waals surface area (Å²) in [5, 5.41) is 0. The first-order valence-electron chi connectivity index (χ1n) is 9.46. The maximum Gasteiger partial charge on any atom is 0.314 e. The number of imidazole rings is 1. The first-order chi connectivity index (χ1) is 12.5. The Morgan fingerprint density at radius 1 is 1.35 bits per heavy atom. The Labute approximate surface area is 153 Å². The number of carbonyl (C=O) groups is 2. The Morgan fingerprint density at radius 2 is 2.15 bits per heavy atom. The first-order valence-corrected chi connectivity index (χ1v) is 9.46. The molecule has 0 radical (unpaired) electrons. The van der Waals surface area contributed by atoms with Crippen LogP contribution in [0.4, 0.5) is 0 Å². The van der Waals surface area contributed by atoms with Crippen LogP contribution in [-0.4, -0.2) is 44.9 Å². The Kier molecular flexibility index (Phi) is 4.01. The van der Waals surface area contributed by atoms with Crippen LogP contribution in [0, 0.1) is 12.3 Å². The van der Waals surface area contributed by atoms with Gasteiger partial charge in [0.2, 0.25) is 0 Å². The molecule has 2 bridgehead atoms. The lowest BCUT2D eigenvalue weighted by Gasteiger charge is -2.33. The molecule has 3 atom stereocenters. The molecule has 6 heteroatoms. The van der Waals surface area contributed by atoms with E-state index in [-0.39, 0.29) is 24.0 Å². The van der Waals surface area contributed by atoms with E-state index in [4.69, 9.17) is 4.74 Å². The highest BCUT2D eigenvalue weighted by Gasteiger charge is 2.61. The van der Waals surface area contributed by atoms with Gasteiger partial charge in [0.25, 0.3) is 5.91 Å². The highest BCUT2D eigenvalue weighted by molar-refractivity contribution is 5.95. The zero-order valence-corrected chi connectivity index (χ0v) is 15.6. The second-order valence-electron chi connectivity index (χ2n) is 7.44. The van der Waals surface area contributed by atoms with Crippen LogP contribution in [0.2, 0.25) is 0 Å². The van der Waals surface area contributed by atoms with Crippen LogP contribution in [0.15, 0.2) is 24.5 Å². The van der Waals surface area contributed by atoms with E-state index in [9.17, 15) is 9.59 Å². The summed E-state index contributed by atoms with van der Waals surface area (Å²) in [5.74, 6) is -0.224. The van der Waals surface area contributed by atoms with Crippen molar-refractivity contribution in [2.45, 2.75) is 58.5 Å². The molecule has 26 heavy (non-hydrogen) atoms. The van der Waals surface area contributed by atoms with Crippen molar-refractivity contribution >= 4 is 17.5 Å². The molecule has 6 nitrogen and oxygen atoms in total. The first kappa shape index (κ1) is 17.1. The van der Waals surface area contributed by atoms with Crippen LogP contribution in [0.1, 0.15) is 55.6 Å². The minimum absolute atomic E-state index is 0.0692. The van der Waals surface area contributed by atoms with Gasteiger partial charge >= 0.3 is 5.97 Å². The number of amides is 1. The van der Waals surface area contributed by atoms with Gasteiger partial charge in [0.15, 0.2) is 0 Å². The Hall–Kier alpha value is -2.37. The molecule has 2 aromatic rings. The molecular weight excluding hydrogens is 330 g/mol. The summed E-state index contributed by atoms with van der Waals surface area (Å²) in [6, 6.07) is 3.94. The van der Waals surface area contributed by atoms with Gasteiger partial charge in [-0.3, -0.25) is 9.59 Å². The summed E-state index contributed by atoms with van der Waals surface area (Å²) in [7, 11) is 0. The minimum atomic E-state index is -0.566.